The first-order valence-corrected chi connectivity index (χ1v) is 7.26. The molecule has 0 atom stereocenters. The number of hydrogen-bond donors (Lipinski definition) is 3. The zero-order chi connectivity index (χ0) is 16.7. The Labute approximate surface area is 130 Å². The number of benzene rings is 1. The SMILES string of the molecule is CC1(C)C=C(c2c(C(N)=O)cccc2C(N)=O)CC(C)(C)N1. The molecule has 1 aliphatic rings. The van der Waals surface area contributed by atoms with Gasteiger partial charge in [-0.15, -0.1) is 0 Å². The molecule has 1 aliphatic heterocycles. The quantitative estimate of drug-likeness (QED) is 0.794. The number of nitrogens with one attached hydrogen (secondary N) is 1. The Bertz CT molecular complexity index is 640. The number of amides is 2. The van der Waals surface area contributed by atoms with E-state index in [4.69, 9.17) is 11.5 Å². The fourth-order valence-corrected chi connectivity index (χ4v) is 3.38. The van der Waals surface area contributed by atoms with E-state index in [1.807, 2.05) is 19.9 Å². The zero-order valence-corrected chi connectivity index (χ0v) is 13.5. The molecular weight excluding hydrogens is 278 g/mol. The molecule has 0 saturated carbocycles. The number of carbonyl (C=O) groups is 2. The van der Waals surface area contributed by atoms with Crippen LogP contribution < -0.4 is 16.8 Å². The second-order valence-corrected chi connectivity index (χ2v) is 7.03. The summed E-state index contributed by atoms with van der Waals surface area (Å²) >= 11 is 0. The van der Waals surface area contributed by atoms with Gasteiger partial charge in [-0.2, -0.15) is 0 Å². The lowest BCUT2D eigenvalue weighted by atomic mass is 9.78. The lowest BCUT2D eigenvalue weighted by molar-refractivity contribution is 0.0999. The van der Waals surface area contributed by atoms with Crippen molar-refractivity contribution in [2.45, 2.75) is 45.2 Å². The van der Waals surface area contributed by atoms with E-state index >= 15 is 0 Å². The second-order valence-electron chi connectivity index (χ2n) is 7.03. The van der Waals surface area contributed by atoms with Gasteiger partial charge in [-0.1, -0.05) is 12.1 Å². The Morgan fingerprint density at radius 1 is 1.05 bits per heavy atom. The monoisotopic (exact) mass is 301 g/mol. The van der Waals surface area contributed by atoms with Crippen molar-refractivity contribution in [3.63, 3.8) is 0 Å². The molecule has 0 saturated heterocycles. The highest BCUT2D eigenvalue weighted by atomic mass is 16.1. The molecule has 0 spiro atoms. The van der Waals surface area contributed by atoms with Crippen molar-refractivity contribution in [3.8, 4) is 0 Å². The fraction of sp³-hybridized carbons (Fsp3) is 0.412. The van der Waals surface area contributed by atoms with E-state index in [1.165, 1.54) is 0 Å². The van der Waals surface area contributed by atoms with E-state index in [0.29, 0.717) is 23.1 Å². The average molecular weight is 301 g/mol. The molecule has 22 heavy (non-hydrogen) atoms. The predicted molar refractivity (Wildman–Crippen MR) is 87.4 cm³/mol. The van der Waals surface area contributed by atoms with Crippen LogP contribution in [0.2, 0.25) is 0 Å². The lowest BCUT2D eigenvalue weighted by Crippen LogP contribution is -2.54. The van der Waals surface area contributed by atoms with Crippen LogP contribution in [0.1, 0.15) is 60.4 Å². The molecule has 0 unspecified atom stereocenters. The van der Waals surface area contributed by atoms with Crippen LogP contribution in [0.15, 0.2) is 24.3 Å². The van der Waals surface area contributed by atoms with E-state index in [-0.39, 0.29) is 11.1 Å². The molecule has 2 amide bonds. The molecule has 0 fully saturated rings. The minimum atomic E-state index is -0.562. The maximum atomic E-state index is 11.8. The van der Waals surface area contributed by atoms with Gasteiger partial charge in [-0.25, -0.2) is 0 Å². The van der Waals surface area contributed by atoms with Gasteiger partial charge in [0.1, 0.15) is 0 Å². The summed E-state index contributed by atoms with van der Waals surface area (Å²) in [5.41, 5.74) is 12.7. The second kappa shape index (κ2) is 5.25. The standard InChI is InChI=1S/C17H23N3O2/c1-16(2)8-10(9-17(3,4)20-16)13-11(14(18)21)6-5-7-12(13)15(19)22/h5-8,20H,9H2,1-4H3,(H2,18,21)(H2,19,22). The Morgan fingerprint density at radius 3 is 1.95 bits per heavy atom. The van der Waals surface area contributed by atoms with E-state index in [9.17, 15) is 9.59 Å². The number of hydrogen-bond acceptors (Lipinski definition) is 3. The summed E-state index contributed by atoms with van der Waals surface area (Å²) in [4.78, 5) is 23.6. The first kappa shape index (κ1) is 16.2. The van der Waals surface area contributed by atoms with Gasteiger partial charge >= 0.3 is 0 Å². The van der Waals surface area contributed by atoms with Gasteiger partial charge < -0.3 is 16.8 Å². The molecule has 5 heteroatoms. The van der Waals surface area contributed by atoms with Crippen LogP contribution in [0.25, 0.3) is 5.57 Å². The summed E-state index contributed by atoms with van der Waals surface area (Å²) in [6, 6.07) is 4.89. The fourth-order valence-electron chi connectivity index (χ4n) is 3.38. The maximum Gasteiger partial charge on any atom is 0.249 e. The van der Waals surface area contributed by atoms with Crippen LogP contribution in [0.5, 0.6) is 0 Å². The normalized spacial score (nSPS) is 19.4. The van der Waals surface area contributed by atoms with Gasteiger partial charge in [0.15, 0.2) is 0 Å². The van der Waals surface area contributed by atoms with E-state index in [1.54, 1.807) is 18.2 Å². The Balaban J connectivity index is 2.72. The van der Waals surface area contributed by atoms with Gasteiger partial charge in [0.25, 0.3) is 0 Å². The third-order valence-electron chi connectivity index (χ3n) is 3.74. The topological polar surface area (TPSA) is 98.2 Å². The third-order valence-corrected chi connectivity index (χ3v) is 3.74. The van der Waals surface area contributed by atoms with Crippen LogP contribution >= 0.6 is 0 Å². The Hall–Kier alpha value is -2.14. The first-order chi connectivity index (χ1) is 10.0. The molecule has 118 valence electrons. The van der Waals surface area contributed by atoms with Crippen molar-refractivity contribution in [3.05, 3.63) is 41.0 Å². The van der Waals surface area contributed by atoms with Crippen LogP contribution in [0, 0.1) is 0 Å². The average Bonchev–Trinajstić information content (AvgIpc) is 2.33. The molecule has 5 N–H and O–H groups in total. The van der Waals surface area contributed by atoms with Gasteiger partial charge in [-0.05, 0) is 51.8 Å². The van der Waals surface area contributed by atoms with Crippen LogP contribution in [-0.4, -0.2) is 22.9 Å². The highest BCUT2D eigenvalue weighted by molar-refractivity contribution is 6.06. The minimum absolute atomic E-state index is 0.173. The van der Waals surface area contributed by atoms with Crippen molar-refractivity contribution in [2.24, 2.45) is 11.5 Å². The molecule has 0 aromatic heterocycles. The number of primary amides is 2. The van der Waals surface area contributed by atoms with E-state index < -0.39 is 11.8 Å². The van der Waals surface area contributed by atoms with Gasteiger partial charge in [0, 0.05) is 27.8 Å². The highest BCUT2D eigenvalue weighted by Gasteiger charge is 2.34. The molecule has 1 heterocycles. The van der Waals surface area contributed by atoms with E-state index in [2.05, 4.69) is 19.2 Å². The Kier molecular flexibility index (Phi) is 3.87. The van der Waals surface area contributed by atoms with Gasteiger partial charge in [0.2, 0.25) is 11.8 Å². The highest BCUT2D eigenvalue weighted by Crippen LogP contribution is 2.36. The first-order valence-electron chi connectivity index (χ1n) is 7.26. The van der Waals surface area contributed by atoms with Gasteiger partial charge in [0.05, 0.1) is 0 Å². The maximum absolute atomic E-state index is 11.8. The predicted octanol–water partition coefficient (Wildman–Crippen LogP) is 1.82. The Morgan fingerprint density at radius 2 is 1.55 bits per heavy atom. The van der Waals surface area contributed by atoms with Crippen molar-refractivity contribution in [1.29, 1.82) is 0 Å². The van der Waals surface area contributed by atoms with Crippen molar-refractivity contribution in [2.75, 3.05) is 0 Å². The molecule has 0 radical (unpaired) electrons. The molecule has 0 bridgehead atoms. The number of carbonyl (C=O) groups excluding carboxylic acids is 2. The smallest absolute Gasteiger partial charge is 0.249 e. The van der Waals surface area contributed by atoms with Crippen LogP contribution in [0.3, 0.4) is 0 Å². The van der Waals surface area contributed by atoms with Crippen molar-refractivity contribution >= 4 is 17.4 Å². The summed E-state index contributed by atoms with van der Waals surface area (Å²) in [5.74, 6) is -1.12. The molecule has 0 aliphatic carbocycles. The summed E-state index contributed by atoms with van der Waals surface area (Å²) in [7, 11) is 0. The largest absolute Gasteiger partial charge is 0.366 e. The van der Waals surface area contributed by atoms with E-state index in [0.717, 1.165) is 5.57 Å². The van der Waals surface area contributed by atoms with Crippen molar-refractivity contribution < 1.29 is 9.59 Å². The van der Waals surface area contributed by atoms with Crippen molar-refractivity contribution in [1.82, 2.24) is 5.32 Å². The molecular formula is C17H23N3O2. The number of nitrogens with two attached hydrogens (primary N) is 2. The third kappa shape index (κ3) is 3.20. The molecule has 1 aromatic rings. The van der Waals surface area contributed by atoms with Crippen LogP contribution in [0.4, 0.5) is 0 Å². The van der Waals surface area contributed by atoms with Gasteiger partial charge in [-0.3, -0.25) is 9.59 Å². The minimum Gasteiger partial charge on any atom is -0.366 e. The lowest BCUT2D eigenvalue weighted by Gasteiger charge is -2.41. The summed E-state index contributed by atoms with van der Waals surface area (Å²) in [6.45, 7) is 8.26. The zero-order valence-electron chi connectivity index (χ0n) is 13.5. The summed E-state index contributed by atoms with van der Waals surface area (Å²) < 4.78 is 0. The molecule has 1 aromatic carbocycles. The summed E-state index contributed by atoms with van der Waals surface area (Å²) in [5, 5.41) is 3.52. The summed E-state index contributed by atoms with van der Waals surface area (Å²) in [6.07, 6.45) is 2.70. The molecule has 2 rings (SSSR count). The number of rotatable bonds is 3. The molecule has 5 nitrogen and oxygen atoms in total. The van der Waals surface area contributed by atoms with Crippen LogP contribution in [-0.2, 0) is 0 Å².